The van der Waals surface area contributed by atoms with Gasteiger partial charge in [0.1, 0.15) is 6.29 Å². The summed E-state index contributed by atoms with van der Waals surface area (Å²) < 4.78 is 0. The fourth-order valence-electron chi connectivity index (χ4n) is 1.40. The van der Waals surface area contributed by atoms with Crippen molar-refractivity contribution in [2.45, 2.75) is 11.3 Å². The van der Waals surface area contributed by atoms with Crippen LogP contribution < -0.4 is 0 Å². The molecule has 3 heteroatoms. The molecule has 0 saturated carbocycles. The van der Waals surface area contributed by atoms with Crippen LogP contribution in [0.25, 0.3) is 0 Å². The number of thioether (sulfide) groups is 1. The molecular formula is C13H12OS2. The fraction of sp³-hybridized carbons (Fsp3) is 0.154. The Hall–Kier alpha value is -1.06. The smallest absolute Gasteiger partial charge is 0.150 e. The quantitative estimate of drug-likeness (QED) is 0.590. The van der Waals surface area contributed by atoms with Crippen LogP contribution in [0.3, 0.4) is 0 Å². The van der Waals surface area contributed by atoms with Gasteiger partial charge in [-0.15, -0.1) is 23.1 Å². The lowest BCUT2D eigenvalue weighted by Crippen LogP contribution is -1.85. The Bertz CT molecular complexity index is 449. The SMILES string of the molecule is O=Cc1cccc(SCCc2cccs2)c1. The van der Waals surface area contributed by atoms with Crippen molar-refractivity contribution in [3.63, 3.8) is 0 Å². The van der Waals surface area contributed by atoms with Gasteiger partial charge < -0.3 is 0 Å². The average Bonchev–Trinajstić information content (AvgIpc) is 2.82. The van der Waals surface area contributed by atoms with E-state index in [2.05, 4.69) is 17.5 Å². The van der Waals surface area contributed by atoms with Crippen molar-refractivity contribution in [3.05, 3.63) is 52.2 Å². The van der Waals surface area contributed by atoms with Crippen LogP contribution in [0.1, 0.15) is 15.2 Å². The van der Waals surface area contributed by atoms with Gasteiger partial charge in [0.15, 0.2) is 0 Å². The zero-order valence-electron chi connectivity index (χ0n) is 8.76. The molecule has 0 fully saturated rings. The van der Waals surface area contributed by atoms with Crippen LogP contribution in [0.5, 0.6) is 0 Å². The second-order valence-electron chi connectivity index (χ2n) is 3.37. The van der Waals surface area contributed by atoms with Crippen LogP contribution in [0.2, 0.25) is 0 Å². The standard InChI is InChI=1S/C13H12OS2/c14-10-11-3-1-4-13(9-11)16-8-6-12-5-2-7-15-12/h1-5,7,9-10H,6,8H2. The van der Waals surface area contributed by atoms with Crippen molar-refractivity contribution < 1.29 is 4.79 Å². The lowest BCUT2D eigenvalue weighted by atomic mass is 10.2. The minimum atomic E-state index is 0.751. The summed E-state index contributed by atoms with van der Waals surface area (Å²) in [6, 6.07) is 12.0. The normalized spacial score (nSPS) is 10.2. The molecule has 2 aromatic rings. The molecule has 0 unspecified atom stereocenters. The van der Waals surface area contributed by atoms with Crippen molar-refractivity contribution in [1.29, 1.82) is 0 Å². The summed E-state index contributed by atoms with van der Waals surface area (Å²) in [7, 11) is 0. The zero-order valence-corrected chi connectivity index (χ0v) is 10.4. The molecule has 0 saturated heterocycles. The molecule has 0 aliphatic rings. The van der Waals surface area contributed by atoms with Crippen LogP contribution in [0.15, 0.2) is 46.7 Å². The predicted molar refractivity (Wildman–Crippen MR) is 70.6 cm³/mol. The van der Waals surface area contributed by atoms with E-state index in [1.807, 2.05) is 24.3 Å². The predicted octanol–water partition coefficient (Wildman–Crippen LogP) is 3.90. The Morgan fingerprint density at radius 3 is 2.94 bits per heavy atom. The Balaban J connectivity index is 1.87. The average molecular weight is 248 g/mol. The first-order valence-corrected chi connectivity index (χ1v) is 6.95. The first kappa shape index (κ1) is 11.4. The number of carbonyl (C=O) groups excluding carboxylic acids is 1. The summed E-state index contributed by atoms with van der Waals surface area (Å²) in [4.78, 5) is 13.2. The Morgan fingerprint density at radius 2 is 2.19 bits per heavy atom. The Labute approximate surface area is 104 Å². The largest absolute Gasteiger partial charge is 0.298 e. The monoisotopic (exact) mass is 248 g/mol. The molecule has 82 valence electrons. The minimum Gasteiger partial charge on any atom is -0.298 e. The second-order valence-corrected chi connectivity index (χ2v) is 5.57. The Morgan fingerprint density at radius 1 is 1.25 bits per heavy atom. The summed E-state index contributed by atoms with van der Waals surface area (Å²) in [6.07, 6.45) is 1.98. The van der Waals surface area contributed by atoms with E-state index in [-0.39, 0.29) is 0 Å². The maximum absolute atomic E-state index is 10.6. The lowest BCUT2D eigenvalue weighted by Gasteiger charge is -2.01. The van der Waals surface area contributed by atoms with Gasteiger partial charge in [-0.25, -0.2) is 0 Å². The van der Waals surface area contributed by atoms with Gasteiger partial charge in [-0.2, -0.15) is 0 Å². The summed E-state index contributed by atoms with van der Waals surface area (Å²) in [5.41, 5.74) is 0.751. The van der Waals surface area contributed by atoms with E-state index in [1.54, 1.807) is 23.1 Å². The highest BCUT2D eigenvalue weighted by Crippen LogP contribution is 2.21. The molecule has 0 spiro atoms. The summed E-state index contributed by atoms with van der Waals surface area (Å²) in [6.45, 7) is 0. The first-order chi connectivity index (χ1) is 7.88. The molecule has 0 bridgehead atoms. The van der Waals surface area contributed by atoms with E-state index in [9.17, 15) is 4.79 Å². The molecule has 1 heterocycles. The fourth-order valence-corrected chi connectivity index (χ4v) is 3.19. The third-order valence-corrected chi connectivity index (χ3v) is 4.12. The van der Waals surface area contributed by atoms with Crippen LogP contribution in [0, 0.1) is 0 Å². The number of aryl methyl sites for hydroxylation is 1. The Kier molecular flexibility index (Phi) is 4.19. The maximum atomic E-state index is 10.6. The highest BCUT2D eigenvalue weighted by Gasteiger charge is 1.98. The van der Waals surface area contributed by atoms with Crippen molar-refractivity contribution in [3.8, 4) is 0 Å². The molecule has 0 aliphatic heterocycles. The number of thiophene rings is 1. The van der Waals surface area contributed by atoms with Gasteiger partial charge in [0.2, 0.25) is 0 Å². The molecule has 0 radical (unpaired) electrons. The minimum absolute atomic E-state index is 0.751. The number of rotatable bonds is 5. The number of hydrogen-bond donors (Lipinski definition) is 0. The third kappa shape index (κ3) is 3.22. The van der Waals surface area contributed by atoms with Gasteiger partial charge in [-0.1, -0.05) is 18.2 Å². The van der Waals surface area contributed by atoms with Crippen LogP contribution in [-0.4, -0.2) is 12.0 Å². The molecule has 0 N–H and O–H groups in total. The molecule has 1 aromatic carbocycles. The van der Waals surface area contributed by atoms with Crippen molar-refractivity contribution in [2.75, 3.05) is 5.75 Å². The van der Waals surface area contributed by atoms with Crippen molar-refractivity contribution >= 4 is 29.4 Å². The molecule has 1 nitrogen and oxygen atoms in total. The first-order valence-electron chi connectivity index (χ1n) is 5.09. The van der Waals surface area contributed by atoms with Gasteiger partial charge >= 0.3 is 0 Å². The van der Waals surface area contributed by atoms with E-state index in [0.29, 0.717) is 0 Å². The van der Waals surface area contributed by atoms with E-state index >= 15 is 0 Å². The lowest BCUT2D eigenvalue weighted by molar-refractivity contribution is 0.112. The highest BCUT2D eigenvalue weighted by atomic mass is 32.2. The van der Waals surface area contributed by atoms with Crippen LogP contribution >= 0.6 is 23.1 Å². The zero-order chi connectivity index (χ0) is 11.2. The molecule has 2 rings (SSSR count). The van der Waals surface area contributed by atoms with Crippen LogP contribution in [-0.2, 0) is 6.42 Å². The number of aldehydes is 1. The third-order valence-electron chi connectivity index (χ3n) is 2.19. The van der Waals surface area contributed by atoms with Gasteiger partial charge in [-0.3, -0.25) is 4.79 Å². The number of hydrogen-bond acceptors (Lipinski definition) is 3. The molecule has 0 amide bonds. The van der Waals surface area contributed by atoms with Gasteiger partial charge in [0.05, 0.1) is 0 Å². The number of carbonyl (C=O) groups is 1. The molecule has 1 aromatic heterocycles. The summed E-state index contributed by atoms with van der Waals surface area (Å²) in [5.74, 6) is 1.06. The molecule has 0 aliphatic carbocycles. The van der Waals surface area contributed by atoms with E-state index in [4.69, 9.17) is 0 Å². The second kappa shape index (κ2) is 5.87. The van der Waals surface area contributed by atoms with Crippen molar-refractivity contribution in [2.24, 2.45) is 0 Å². The summed E-state index contributed by atoms with van der Waals surface area (Å²) in [5, 5.41) is 2.10. The molecular weight excluding hydrogens is 236 g/mol. The maximum Gasteiger partial charge on any atom is 0.150 e. The van der Waals surface area contributed by atoms with Gasteiger partial charge in [-0.05, 0) is 30.0 Å². The van der Waals surface area contributed by atoms with E-state index in [0.717, 1.165) is 24.0 Å². The van der Waals surface area contributed by atoms with E-state index in [1.165, 1.54) is 9.77 Å². The highest BCUT2D eigenvalue weighted by molar-refractivity contribution is 7.99. The van der Waals surface area contributed by atoms with Crippen LogP contribution in [0.4, 0.5) is 0 Å². The van der Waals surface area contributed by atoms with Gasteiger partial charge in [0.25, 0.3) is 0 Å². The molecule has 0 atom stereocenters. The number of benzene rings is 1. The topological polar surface area (TPSA) is 17.1 Å². The van der Waals surface area contributed by atoms with E-state index < -0.39 is 0 Å². The van der Waals surface area contributed by atoms with Gasteiger partial charge in [0, 0.05) is 21.1 Å². The molecule has 16 heavy (non-hydrogen) atoms. The van der Waals surface area contributed by atoms with Crippen molar-refractivity contribution in [1.82, 2.24) is 0 Å². The summed E-state index contributed by atoms with van der Waals surface area (Å²) >= 11 is 3.59.